The van der Waals surface area contributed by atoms with Crippen molar-refractivity contribution in [1.82, 2.24) is 4.98 Å². The maximum Gasteiger partial charge on any atom is 0.326 e. The fraction of sp³-hybridized carbons (Fsp3) is 0.235. The zero-order valence-electron chi connectivity index (χ0n) is 13.0. The van der Waals surface area contributed by atoms with Crippen LogP contribution in [0.3, 0.4) is 0 Å². The summed E-state index contributed by atoms with van der Waals surface area (Å²) in [6.07, 6.45) is 1.19. The molecule has 2 rings (SSSR count). The van der Waals surface area contributed by atoms with Crippen molar-refractivity contribution in [2.75, 3.05) is 0 Å². The molecule has 126 valence electrons. The number of benzene rings is 1. The van der Waals surface area contributed by atoms with E-state index in [1.165, 1.54) is 0 Å². The number of esters is 2. The van der Waals surface area contributed by atoms with Crippen LogP contribution in [0.5, 0.6) is 11.6 Å². The van der Waals surface area contributed by atoms with Gasteiger partial charge in [-0.2, -0.15) is 0 Å². The number of H-pyrrole nitrogens is 1. The second-order valence-corrected chi connectivity index (χ2v) is 5.02. The highest BCUT2D eigenvalue weighted by Gasteiger charge is 2.28. The largest absolute Gasteiger partial charge is 0.503 e. The third kappa shape index (κ3) is 4.45. The predicted octanol–water partition coefficient (Wildman–Crippen LogP) is 1.76. The molecule has 0 saturated heterocycles. The minimum Gasteiger partial charge on any atom is -0.503 e. The minimum absolute atomic E-state index is 0.0551. The van der Waals surface area contributed by atoms with E-state index in [9.17, 15) is 14.4 Å². The normalized spacial score (nSPS) is 11.5. The van der Waals surface area contributed by atoms with E-state index >= 15 is 0 Å². The molecule has 0 aliphatic heterocycles. The molecular weight excluding hydrogens is 314 g/mol. The van der Waals surface area contributed by atoms with Gasteiger partial charge in [-0.1, -0.05) is 37.3 Å². The number of aromatic nitrogens is 1. The molecular formula is C17H17NO6. The second kappa shape index (κ2) is 7.96. The Balaban J connectivity index is 1.98. The molecule has 0 unspecified atom stereocenters. The van der Waals surface area contributed by atoms with Gasteiger partial charge in [0.05, 0.1) is 6.07 Å². The van der Waals surface area contributed by atoms with Gasteiger partial charge in [0.1, 0.15) is 6.61 Å². The Morgan fingerprint density at radius 1 is 1.21 bits per heavy atom. The molecule has 1 aromatic heterocycles. The van der Waals surface area contributed by atoms with Crippen LogP contribution in [0.4, 0.5) is 0 Å². The van der Waals surface area contributed by atoms with E-state index < -0.39 is 29.0 Å². The fourth-order valence-electron chi connectivity index (χ4n) is 1.94. The highest BCUT2D eigenvalue weighted by atomic mass is 16.6. The van der Waals surface area contributed by atoms with Crippen LogP contribution in [0.2, 0.25) is 0 Å². The molecule has 0 aliphatic rings. The second-order valence-electron chi connectivity index (χ2n) is 5.02. The first-order chi connectivity index (χ1) is 11.5. The summed E-state index contributed by atoms with van der Waals surface area (Å²) < 4.78 is 10.1. The lowest BCUT2D eigenvalue weighted by molar-refractivity contribution is -0.158. The number of pyridine rings is 1. The highest BCUT2D eigenvalue weighted by Crippen LogP contribution is 2.13. The van der Waals surface area contributed by atoms with Gasteiger partial charge in [-0.3, -0.25) is 14.4 Å². The highest BCUT2D eigenvalue weighted by molar-refractivity contribution is 5.95. The molecule has 24 heavy (non-hydrogen) atoms. The molecule has 0 saturated carbocycles. The van der Waals surface area contributed by atoms with Gasteiger partial charge in [0.25, 0.3) is 0 Å². The van der Waals surface area contributed by atoms with Gasteiger partial charge < -0.3 is 19.6 Å². The number of carbonyl (C=O) groups excluding carboxylic acids is 2. The van der Waals surface area contributed by atoms with Crippen LogP contribution in [-0.2, 0) is 20.9 Å². The van der Waals surface area contributed by atoms with E-state index in [0.29, 0.717) is 0 Å². The van der Waals surface area contributed by atoms with E-state index in [0.717, 1.165) is 17.8 Å². The summed E-state index contributed by atoms with van der Waals surface area (Å²) in [6, 6.07) is 10.00. The molecule has 2 aromatic rings. The SMILES string of the molecule is CC[C@@H](C(=O)OCc1ccccc1)C(=O)Oc1cc(=O)c(O)c[nH]1. The zero-order chi connectivity index (χ0) is 17.5. The van der Waals surface area contributed by atoms with Crippen LogP contribution in [0.15, 0.2) is 47.4 Å². The van der Waals surface area contributed by atoms with Gasteiger partial charge in [-0.15, -0.1) is 0 Å². The van der Waals surface area contributed by atoms with E-state index in [-0.39, 0.29) is 18.9 Å². The Morgan fingerprint density at radius 2 is 1.92 bits per heavy atom. The summed E-state index contributed by atoms with van der Waals surface area (Å²) in [5.41, 5.74) is 0.105. The van der Waals surface area contributed by atoms with Gasteiger partial charge >= 0.3 is 11.9 Å². The standard InChI is InChI=1S/C17H17NO6/c1-2-12(16(21)23-10-11-6-4-3-5-7-11)17(22)24-15-8-13(19)14(20)9-18-15/h3-9,12,20H,2,10H2,1H3,(H,18,19)/t12-/m0/s1. The molecule has 1 heterocycles. The summed E-state index contributed by atoms with van der Waals surface area (Å²) in [7, 11) is 0. The average molecular weight is 331 g/mol. The Kier molecular flexibility index (Phi) is 5.73. The summed E-state index contributed by atoms with van der Waals surface area (Å²) in [5, 5.41) is 9.14. The summed E-state index contributed by atoms with van der Waals surface area (Å²) >= 11 is 0. The molecule has 0 bridgehead atoms. The first-order valence-electron chi connectivity index (χ1n) is 7.35. The number of hydrogen-bond acceptors (Lipinski definition) is 6. The summed E-state index contributed by atoms with van der Waals surface area (Å²) in [6.45, 7) is 1.70. The Bertz CT molecular complexity index is 768. The molecule has 0 radical (unpaired) electrons. The number of carbonyl (C=O) groups is 2. The first kappa shape index (κ1) is 17.3. The molecule has 7 heteroatoms. The number of ether oxygens (including phenoxy) is 2. The molecule has 7 nitrogen and oxygen atoms in total. The molecule has 1 aromatic carbocycles. The lowest BCUT2D eigenvalue weighted by atomic mass is 10.1. The Morgan fingerprint density at radius 3 is 2.54 bits per heavy atom. The van der Waals surface area contributed by atoms with Crippen LogP contribution < -0.4 is 10.2 Å². The topological polar surface area (TPSA) is 106 Å². The van der Waals surface area contributed by atoms with Crippen molar-refractivity contribution in [3.8, 4) is 11.6 Å². The summed E-state index contributed by atoms with van der Waals surface area (Å²) in [4.78, 5) is 37.9. The van der Waals surface area contributed by atoms with Gasteiger partial charge in [-0.25, -0.2) is 0 Å². The first-order valence-corrected chi connectivity index (χ1v) is 7.35. The maximum atomic E-state index is 12.1. The predicted molar refractivity (Wildman–Crippen MR) is 84.4 cm³/mol. The number of rotatable bonds is 6. The minimum atomic E-state index is -1.11. The van der Waals surface area contributed by atoms with Gasteiger partial charge in [-0.05, 0) is 12.0 Å². The van der Waals surface area contributed by atoms with E-state index in [2.05, 4.69) is 4.98 Å². The quantitative estimate of drug-likeness (QED) is 0.617. The van der Waals surface area contributed by atoms with Crippen LogP contribution in [0.1, 0.15) is 18.9 Å². The van der Waals surface area contributed by atoms with Crippen molar-refractivity contribution >= 4 is 11.9 Å². The van der Waals surface area contributed by atoms with Crippen molar-refractivity contribution in [2.24, 2.45) is 5.92 Å². The molecule has 1 atom stereocenters. The van der Waals surface area contributed by atoms with E-state index in [1.807, 2.05) is 18.2 Å². The molecule has 2 N–H and O–H groups in total. The number of hydrogen-bond donors (Lipinski definition) is 2. The molecule has 0 amide bonds. The van der Waals surface area contributed by atoms with Gasteiger partial charge in [0.15, 0.2) is 11.7 Å². The lowest BCUT2D eigenvalue weighted by Crippen LogP contribution is -2.29. The third-order valence-corrected chi connectivity index (χ3v) is 3.28. The lowest BCUT2D eigenvalue weighted by Gasteiger charge is -2.13. The van der Waals surface area contributed by atoms with Crippen molar-refractivity contribution < 1.29 is 24.2 Å². The zero-order valence-corrected chi connectivity index (χ0v) is 13.0. The number of aromatic amines is 1. The van der Waals surface area contributed by atoms with Crippen molar-refractivity contribution in [3.63, 3.8) is 0 Å². The monoisotopic (exact) mass is 331 g/mol. The smallest absolute Gasteiger partial charge is 0.326 e. The summed E-state index contributed by atoms with van der Waals surface area (Å²) in [5.74, 6) is -3.29. The van der Waals surface area contributed by atoms with Gasteiger partial charge in [0.2, 0.25) is 11.3 Å². The number of nitrogens with one attached hydrogen (secondary N) is 1. The van der Waals surface area contributed by atoms with Crippen LogP contribution in [0.25, 0.3) is 0 Å². The number of aromatic hydroxyl groups is 1. The Labute approximate surface area is 137 Å². The van der Waals surface area contributed by atoms with Crippen molar-refractivity contribution in [3.05, 3.63) is 58.4 Å². The maximum absolute atomic E-state index is 12.1. The molecule has 0 spiro atoms. The van der Waals surface area contributed by atoms with E-state index in [1.54, 1.807) is 19.1 Å². The van der Waals surface area contributed by atoms with Crippen LogP contribution >= 0.6 is 0 Å². The third-order valence-electron chi connectivity index (χ3n) is 3.28. The molecule has 0 fully saturated rings. The van der Waals surface area contributed by atoms with Gasteiger partial charge in [0, 0.05) is 6.20 Å². The van der Waals surface area contributed by atoms with Crippen LogP contribution in [0, 0.1) is 5.92 Å². The fourth-order valence-corrected chi connectivity index (χ4v) is 1.94. The van der Waals surface area contributed by atoms with Crippen LogP contribution in [-0.4, -0.2) is 22.0 Å². The van der Waals surface area contributed by atoms with E-state index in [4.69, 9.17) is 14.6 Å². The molecule has 0 aliphatic carbocycles. The van der Waals surface area contributed by atoms with Crippen molar-refractivity contribution in [2.45, 2.75) is 20.0 Å². The Hall–Kier alpha value is -3.09. The van der Waals surface area contributed by atoms with Crippen molar-refractivity contribution in [1.29, 1.82) is 0 Å². The average Bonchev–Trinajstić information content (AvgIpc) is 2.58.